The third-order valence-electron chi connectivity index (χ3n) is 15.6. The topological polar surface area (TPSA) is 33.5 Å². The number of nitrogens with zero attached hydrogens (tertiary/aromatic N) is 4. The van der Waals surface area contributed by atoms with Crippen molar-refractivity contribution in [2.75, 3.05) is 16.5 Å². The molecule has 0 radical (unpaired) electrons. The zero-order chi connectivity index (χ0) is 52.6. The number of rotatable bonds is 10. The minimum atomic E-state index is -0.225. The summed E-state index contributed by atoms with van der Waals surface area (Å²) in [6.45, 7) is 35.3. The van der Waals surface area contributed by atoms with E-state index in [2.05, 4.69) is 276 Å². The van der Waals surface area contributed by atoms with Crippen molar-refractivity contribution in [1.29, 1.82) is 0 Å². The second kappa shape index (κ2) is 18.7. The molecule has 0 spiro atoms. The zero-order valence-electron chi connectivity index (χ0n) is 46.6. The summed E-state index contributed by atoms with van der Waals surface area (Å²) in [6, 6.07) is 58.5. The molecule has 0 bridgehead atoms. The Labute approximate surface area is 441 Å². The molecule has 5 nitrogen and oxygen atoms in total. The minimum absolute atomic E-state index is 0.0274. The molecule has 0 saturated carbocycles. The Bertz CT molecular complexity index is 3500. The number of aromatic nitrogens is 2. The Kier molecular flexibility index (Phi) is 12.7. The van der Waals surface area contributed by atoms with Gasteiger partial charge in [0.05, 0.1) is 22.4 Å². The van der Waals surface area contributed by atoms with E-state index < -0.39 is 0 Å². The van der Waals surface area contributed by atoms with Gasteiger partial charge in [-0.25, -0.2) is 4.98 Å². The highest BCUT2D eigenvalue weighted by atomic mass is 16.5. The van der Waals surface area contributed by atoms with Gasteiger partial charge in [-0.15, -0.1) is 0 Å². The summed E-state index contributed by atoms with van der Waals surface area (Å²) < 4.78 is 9.45. The van der Waals surface area contributed by atoms with E-state index in [4.69, 9.17) is 9.72 Å². The van der Waals surface area contributed by atoms with Crippen LogP contribution in [0.15, 0.2) is 164 Å². The first-order valence-corrected chi connectivity index (χ1v) is 26.8. The van der Waals surface area contributed by atoms with E-state index in [0.717, 1.165) is 39.4 Å². The molecular weight excluding hydrogens is 901 g/mol. The van der Waals surface area contributed by atoms with Gasteiger partial charge in [-0.3, -0.25) is 4.57 Å². The highest BCUT2D eigenvalue weighted by Crippen LogP contribution is 2.50. The van der Waals surface area contributed by atoms with Crippen molar-refractivity contribution in [2.45, 2.75) is 137 Å². The van der Waals surface area contributed by atoms with Crippen molar-refractivity contribution >= 4 is 44.6 Å². The Morgan fingerprint density at radius 3 is 1.66 bits per heavy atom. The molecule has 3 heterocycles. The lowest BCUT2D eigenvalue weighted by molar-refractivity contribution is 0.479. The van der Waals surface area contributed by atoms with Crippen LogP contribution < -0.4 is 14.5 Å². The lowest BCUT2D eigenvalue weighted by Gasteiger charge is -2.29. The molecule has 5 heteroatoms. The number of hydrogen-bond acceptors (Lipinski definition) is 4. The van der Waals surface area contributed by atoms with Crippen molar-refractivity contribution in [3.63, 3.8) is 0 Å². The highest BCUT2D eigenvalue weighted by molar-refractivity contribution is 6.09. The fourth-order valence-corrected chi connectivity index (χ4v) is 11.0. The molecule has 10 rings (SSSR count). The molecule has 9 aromatic rings. The van der Waals surface area contributed by atoms with E-state index in [9.17, 15) is 0 Å². The summed E-state index contributed by atoms with van der Waals surface area (Å²) in [7, 11) is 0. The van der Waals surface area contributed by atoms with Crippen LogP contribution in [-0.2, 0) is 21.7 Å². The number of ether oxygens (including phenoxy) is 1. The maximum Gasteiger partial charge on any atom is 0.137 e. The second-order valence-electron chi connectivity index (χ2n) is 25.1. The summed E-state index contributed by atoms with van der Waals surface area (Å²) in [5, 5.41) is 2.33. The molecule has 0 fully saturated rings. The lowest BCUT2D eigenvalue weighted by atomic mass is 9.78. The largest absolute Gasteiger partial charge is 0.457 e. The van der Waals surface area contributed by atoms with Gasteiger partial charge < -0.3 is 14.5 Å². The summed E-state index contributed by atoms with van der Waals surface area (Å²) in [5.74, 6) is 3.19. The van der Waals surface area contributed by atoms with E-state index in [0.29, 0.717) is 18.5 Å². The van der Waals surface area contributed by atoms with Gasteiger partial charge in [0.25, 0.3) is 0 Å². The van der Waals surface area contributed by atoms with E-state index >= 15 is 0 Å². The molecule has 0 atom stereocenters. The third-order valence-corrected chi connectivity index (χ3v) is 15.6. The van der Waals surface area contributed by atoms with Crippen LogP contribution in [0.1, 0.15) is 155 Å². The van der Waals surface area contributed by atoms with Gasteiger partial charge in [0.1, 0.15) is 24.0 Å². The average Bonchev–Trinajstić information content (AvgIpc) is 3.91. The predicted octanol–water partition coefficient (Wildman–Crippen LogP) is 19.4. The molecule has 0 N–H and O–H groups in total. The summed E-state index contributed by atoms with van der Waals surface area (Å²) >= 11 is 0. The zero-order valence-corrected chi connectivity index (χ0v) is 46.6. The fraction of sp³-hybridized carbons (Fsp3) is 0.319. The van der Waals surface area contributed by atoms with E-state index in [1.807, 2.05) is 6.20 Å². The van der Waals surface area contributed by atoms with E-state index in [1.54, 1.807) is 0 Å². The molecule has 1 aliphatic heterocycles. The molecule has 378 valence electrons. The molecule has 0 amide bonds. The van der Waals surface area contributed by atoms with Crippen LogP contribution in [0.4, 0.5) is 22.7 Å². The van der Waals surface area contributed by atoms with Crippen LogP contribution in [-0.4, -0.2) is 16.2 Å². The van der Waals surface area contributed by atoms with Crippen molar-refractivity contribution in [2.24, 2.45) is 0 Å². The number of pyridine rings is 1. The maximum atomic E-state index is 7.15. The normalized spacial score (nSPS) is 13.5. The number of fused-ring (bicyclic) bond motifs is 4. The van der Waals surface area contributed by atoms with Gasteiger partial charge >= 0.3 is 0 Å². The van der Waals surface area contributed by atoms with Crippen LogP contribution in [0, 0.1) is 0 Å². The smallest absolute Gasteiger partial charge is 0.137 e. The Balaban J connectivity index is 1.12. The van der Waals surface area contributed by atoms with Gasteiger partial charge in [0.15, 0.2) is 0 Å². The number of para-hydroxylation sites is 1. The summed E-state index contributed by atoms with van der Waals surface area (Å²) in [5.41, 5.74) is 18.1. The number of benzene rings is 7. The Morgan fingerprint density at radius 1 is 0.446 bits per heavy atom. The lowest BCUT2D eigenvalue weighted by Crippen LogP contribution is -2.26. The van der Waals surface area contributed by atoms with Gasteiger partial charge in [0, 0.05) is 45.9 Å². The van der Waals surface area contributed by atoms with Crippen LogP contribution in [0.25, 0.3) is 38.8 Å². The Hall–Kier alpha value is -7.11. The summed E-state index contributed by atoms with van der Waals surface area (Å²) in [6.07, 6.45) is 1.95. The number of anilines is 4. The van der Waals surface area contributed by atoms with Crippen LogP contribution in [0.5, 0.6) is 11.5 Å². The van der Waals surface area contributed by atoms with Crippen molar-refractivity contribution < 1.29 is 4.74 Å². The van der Waals surface area contributed by atoms with Gasteiger partial charge in [0.2, 0.25) is 0 Å². The molecule has 7 aromatic carbocycles. The standard InChI is InChI=1S/C69H76N4O/c1-44(2)56-25-21-26-57(45(3)4)65(56)46-28-31-61-63(34-46)72(43-71(61)52-36-49(66(5,6)7)35-50(37-52)67(8,9)10)53-38-51(68(11,12)13)39-55(41-53)74-54-29-30-59-58-24-19-20-27-60(58)73(62(59)42-54)64-40-48(32-33-70-64)69(14,15)47-22-17-16-18-23-47/h16-42,44-45H,43H2,1-15H3. The van der Waals surface area contributed by atoms with Crippen LogP contribution in [0.3, 0.4) is 0 Å². The SMILES string of the molecule is CC(C)c1cccc(C(C)C)c1-c1ccc2c(c1)N(c1cc(Oc3ccc4c5ccccc5n(-c5cc(C(C)(C)c6ccccc6)ccn5)c4c3)cc(C(C)(C)C)c1)CN2c1cc(C(C)(C)C)cc(C(C)(C)C)c1. The molecule has 0 aliphatic carbocycles. The van der Waals surface area contributed by atoms with E-state index in [-0.39, 0.29) is 21.7 Å². The molecule has 1 aliphatic rings. The first-order chi connectivity index (χ1) is 35.0. The average molecular weight is 977 g/mol. The molecule has 74 heavy (non-hydrogen) atoms. The first kappa shape index (κ1) is 50.4. The molecule has 0 unspecified atom stereocenters. The van der Waals surface area contributed by atoms with Crippen molar-refractivity contribution in [3.8, 4) is 28.4 Å². The molecule has 2 aromatic heterocycles. The molecule has 0 saturated heterocycles. The second-order valence-corrected chi connectivity index (χ2v) is 25.1. The maximum absolute atomic E-state index is 7.15. The van der Waals surface area contributed by atoms with Gasteiger partial charge in [-0.1, -0.05) is 183 Å². The van der Waals surface area contributed by atoms with Crippen molar-refractivity contribution in [3.05, 3.63) is 203 Å². The highest BCUT2D eigenvalue weighted by Gasteiger charge is 2.33. The van der Waals surface area contributed by atoms with Crippen LogP contribution >= 0.6 is 0 Å². The van der Waals surface area contributed by atoms with E-state index in [1.165, 1.54) is 72.5 Å². The minimum Gasteiger partial charge on any atom is -0.457 e. The molecular formula is C69H76N4O. The number of hydrogen-bond donors (Lipinski definition) is 0. The summed E-state index contributed by atoms with van der Waals surface area (Å²) in [4.78, 5) is 10.1. The van der Waals surface area contributed by atoms with Crippen molar-refractivity contribution in [1.82, 2.24) is 9.55 Å². The monoisotopic (exact) mass is 977 g/mol. The third kappa shape index (κ3) is 9.40. The first-order valence-electron chi connectivity index (χ1n) is 26.8. The van der Waals surface area contributed by atoms with Gasteiger partial charge in [-0.2, -0.15) is 0 Å². The Morgan fingerprint density at radius 2 is 1.03 bits per heavy atom. The quantitative estimate of drug-likeness (QED) is 0.137. The predicted molar refractivity (Wildman–Crippen MR) is 315 cm³/mol. The van der Waals surface area contributed by atoms with Crippen LogP contribution in [0.2, 0.25) is 0 Å². The van der Waals surface area contributed by atoms with Gasteiger partial charge in [-0.05, 0) is 145 Å². The fourth-order valence-electron chi connectivity index (χ4n) is 11.0.